The molecule has 0 radical (unpaired) electrons. The predicted molar refractivity (Wildman–Crippen MR) is 109 cm³/mol. The maximum Gasteiger partial charge on any atom is 0.194 e. The third-order valence-electron chi connectivity index (χ3n) is 4.20. The van der Waals surface area contributed by atoms with E-state index in [2.05, 4.69) is 52.5 Å². The molecule has 1 aromatic carbocycles. The first-order valence-corrected chi connectivity index (χ1v) is 10.7. The van der Waals surface area contributed by atoms with Crippen molar-refractivity contribution in [3.63, 3.8) is 0 Å². The van der Waals surface area contributed by atoms with Crippen molar-refractivity contribution in [2.24, 2.45) is 10.9 Å². The fourth-order valence-electron chi connectivity index (χ4n) is 2.95. The van der Waals surface area contributed by atoms with Crippen molar-refractivity contribution < 1.29 is 0 Å². The Morgan fingerprint density at radius 2 is 2.24 bits per heavy atom. The summed E-state index contributed by atoms with van der Waals surface area (Å²) < 4.78 is 0. The van der Waals surface area contributed by atoms with Crippen LogP contribution in [0, 0.1) is 12.8 Å². The van der Waals surface area contributed by atoms with Crippen molar-refractivity contribution in [3.8, 4) is 0 Å². The number of nitrogens with zero attached hydrogens (tertiary/aromatic N) is 3. The van der Waals surface area contributed by atoms with Crippen LogP contribution in [0.1, 0.15) is 23.2 Å². The molecule has 0 spiro atoms. The molecule has 4 nitrogen and oxygen atoms in total. The largest absolute Gasteiger partial charge is 0.357 e. The fraction of sp³-hybridized carbons (Fsp3) is 0.474. The highest BCUT2D eigenvalue weighted by Gasteiger charge is 2.24. The molecule has 1 saturated heterocycles. The number of thiazole rings is 1. The highest BCUT2D eigenvalue weighted by molar-refractivity contribution is 7.99. The number of rotatable bonds is 6. The number of benzene rings is 1. The molecule has 25 heavy (non-hydrogen) atoms. The first-order valence-electron chi connectivity index (χ1n) is 8.87. The van der Waals surface area contributed by atoms with E-state index in [1.165, 1.54) is 21.9 Å². The molecule has 1 aromatic heterocycles. The minimum absolute atomic E-state index is 0.716. The lowest BCUT2D eigenvalue weighted by Crippen LogP contribution is -2.40. The Balaban J connectivity index is 1.53. The Hall–Kier alpha value is -1.53. The molecule has 0 bridgehead atoms. The van der Waals surface area contributed by atoms with E-state index in [1.54, 1.807) is 11.3 Å². The van der Waals surface area contributed by atoms with Crippen LogP contribution in [0.2, 0.25) is 0 Å². The minimum atomic E-state index is 0.716. The molecule has 0 amide bonds. The van der Waals surface area contributed by atoms with Gasteiger partial charge in [0.25, 0.3) is 0 Å². The molecular formula is C19H26N4S2. The van der Waals surface area contributed by atoms with Crippen LogP contribution in [-0.2, 0) is 6.54 Å². The van der Waals surface area contributed by atoms with Crippen LogP contribution in [0.15, 0.2) is 46.4 Å². The standard InChI is InChI=1S/C19H26N4S2/c1-3-20-19(22-12-18-11-21-15(2)25-18)23-10-9-16(13-23)14-24-17-7-5-4-6-8-17/h4-8,11,16H,3,9-10,12-14H2,1-2H3,(H,20,22). The van der Waals surface area contributed by atoms with Crippen LogP contribution in [0.4, 0.5) is 0 Å². The second-order valence-electron chi connectivity index (χ2n) is 6.24. The van der Waals surface area contributed by atoms with Gasteiger partial charge in [0.05, 0.1) is 11.6 Å². The van der Waals surface area contributed by atoms with Crippen molar-refractivity contribution in [1.82, 2.24) is 15.2 Å². The molecule has 1 fully saturated rings. The number of guanidine groups is 1. The number of aliphatic imine (C=N–C) groups is 1. The SMILES string of the molecule is CCNC(=NCc1cnc(C)s1)N1CCC(CSc2ccccc2)C1. The van der Waals surface area contributed by atoms with Gasteiger partial charge in [0.1, 0.15) is 0 Å². The maximum absolute atomic E-state index is 4.83. The number of likely N-dealkylation sites (tertiary alicyclic amines) is 1. The zero-order valence-corrected chi connectivity index (χ0v) is 16.6. The lowest BCUT2D eigenvalue weighted by atomic mass is 10.2. The summed E-state index contributed by atoms with van der Waals surface area (Å²) in [5.41, 5.74) is 0. The lowest BCUT2D eigenvalue weighted by Gasteiger charge is -2.21. The summed E-state index contributed by atoms with van der Waals surface area (Å²) in [4.78, 5) is 14.1. The normalized spacial score (nSPS) is 17.9. The topological polar surface area (TPSA) is 40.5 Å². The van der Waals surface area contributed by atoms with E-state index in [0.717, 1.165) is 36.5 Å². The summed E-state index contributed by atoms with van der Waals surface area (Å²) in [7, 11) is 0. The average Bonchev–Trinajstić information content (AvgIpc) is 3.27. The number of aromatic nitrogens is 1. The first-order chi connectivity index (χ1) is 12.2. The predicted octanol–water partition coefficient (Wildman–Crippen LogP) is 4.03. The van der Waals surface area contributed by atoms with Gasteiger partial charge in [-0.3, -0.25) is 0 Å². The Bertz CT molecular complexity index is 684. The van der Waals surface area contributed by atoms with Crippen LogP contribution in [0.25, 0.3) is 0 Å². The van der Waals surface area contributed by atoms with E-state index in [4.69, 9.17) is 4.99 Å². The van der Waals surface area contributed by atoms with Crippen LogP contribution in [0.3, 0.4) is 0 Å². The quantitative estimate of drug-likeness (QED) is 0.471. The molecule has 1 N–H and O–H groups in total. The molecule has 0 aliphatic carbocycles. The van der Waals surface area contributed by atoms with Crippen LogP contribution >= 0.6 is 23.1 Å². The van der Waals surface area contributed by atoms with E-state index in [-0.39, 0.29) is 0 Å². The van der Waals surface area contributed by atoms with Crippen LogP contribution in [0.5, 0.6) is 0 Å². The van der Waals surface area contributed by atoms with Crippen molar-refractivity contribution >= 4 is 29.1 Å². The molecule has 2 heterocycles. The number of hydrogen-bond acceptors (Lipinski definition) is 4. The summed E-state index contributed by atoms with van der Waals surface area (Å²) in [6, 6.07) is 10.7. The van der Waals surface area contributed by atoms with Gasteiger partial charge in [-0.05, 0) is 38.3 Å². The van der Waals surface area contributed by atoms with Gasteiger partial charge in [0, 0.05) is 41.4 Å². The highest BCUT2D eigenvalue weighted by Crippen LogP contribution is 2.26. The van der Waals surface area contributed by atoms with Gasteiger partial charge < -0.3 is 10.2 Å². The van der Waals surface area contributed by atoms with Crippen molar-refractivity contribution in [2.45, 2.75) is 31.7 Å². The molecule has 1 aliphatic heterocycles. The molecule has 0 saturated carbocycles. The molecule has 3 rings (SSSR count). The van der Waals surface area contributed by atoms with Gasteiger partial charge in [-0.15, -0.1) is 23.1 Å². The van der Waals surface area contributed by atoms with Crippen molar-refractivity contribution in [1.29, 1.82) is 0 Å². The fourth-order valence-corrected chi connectivity index (χ4v) is 4.72. The van der Waals surface area contributed by atoms with Crippen molar-refractivity contribution in [2.75, 3.05) is 25.4 Å². The van der Waals surface area contributed by atoms with Gasteiger partial charge in [-0.2, -0.15) is 0 Å². The number of hydrogen-bond donors (Lipinski definition) is 1. The van der Waals surface area contributed by atoms with Gasteiger partial charge in [0.2, 0.25) is 0 Å². The Labute approximate surface area is 158 Å². The number of thioether (sulfide) groups is 1. The van der Waals surface area contributed by atoms with Crippen LogP contribution in [-0.4, -0.2) is 41.2 Å². The molecule has 134 valence electrons. The van der Waals surface area contributed by atoms with E-state index in [1.807, 2.05) is 24.9 Å². The third kappa shape index (κ3) is 5.47. The van der Waals surface area contributed by atoms with Gasteiger partial charge in [-0.25, -0.2) is 9.98 Å². The van der Waals surface area contributed by atoms with Crippen LogP contribution < -0.4 is 5.32 Å². The molecule has 6 heteroatoms. The van der Waals surface area contributed by atoms with Gasteiger partial charge >= 0.3 is 0 Å². The summed E-state index contributed by atoms with van der Waals surface area (Å²) in [6.07, 6.45) is 3.18. The molecule has 2 aromatic rings. The maximum atomic E-state index is 4.83. The first kappa shape index (κ1) is 18.3. The smallest absolute Gasteiger partial charge is 0.194 e. The lowest BCUT2D eigenvalue weighted by molar-refractivity contribution is 0.474. The summed E-state index contributed by atoms with van der Waals surface area (Å²) in [5, 5.41) is 4.56. The molecule has 1 atom stereocenters. The van der Waals surface area contributed by atoms with Gasteiger partial charge in [0.15, 0.2) is 5.96 Å². The average molecular weight is 375 g/mol. The summed E-state index contributed by atoms with van der Waals surface area (Å²) >= 11 is 3.69. The number of nitrogens with one attached hydrogen (secondary N) is 1. The molecular weight excluding hydrogens is 348 g/mol. The van der Waals surface area contributed by atoms with E-state index >= 15 is 0 Å². The monoisotopic (exact) mass is 374 g/mol. The molecule has 1 unspecified atom stereocenters. The zero-order valence-electron chi connectivity index (χ0n) is 14.9. The van der Waals surface area contributed by atoms with E-state index in [9.17, 15) is 0 Å². The second kappa shape index (κ2) is 9.25. The summed E-state index contributed by atoms with van der Waals surface area (Å²) in [5.74, 6) is 2.94. The Kier molecular flexibility index (Phi) is 6.76. The second-order valence-corrected chi connectivity index (χ2v) is 8.65. The van der Waals surface area contributed by atoms with Crippen molar-refractivity contribution in [3.05, 3.63) is 46.4 Å². The van der Waals surface area contributed by atoms with Gasteiger partial charge in [-0.1, -0.05) is 18.2 Å². The third-order valence-corrected chi connectivity index (χ3v) is 6.34. The molecule has 1 aliphatic rings. The Morgan fingerprint density at radius 1 is 1.40 bits per heavy atom. The number of aryl methyl sites for hydroxylation is 1. The Morgan fingerprint density at radius 3 is 2.96 bits per heavy atom. The van der Waals surface area contributed by atoms with E-state index < -0.39 is 0 Å². The summed E-state index contributed by atoms with van der Waals surface area (Å²) in [6.45, 7) is 7.97. The minimum Gasteiger partial charge on any atom is -0.357 e. The van der Waals surface area contributed by atoms with E-state index in [0.29, 0.717) is 6.54 Å². The zero-order chi connectivity index (χ0) is 17.5. The highest BCUT2D eigenvalue weighted by atomic mass is 32.2.